The van der Waals surface area contributed by atoms with Crippen LogP contribution in [0.1, 0.15) is 29.3 Å². The summed E-state index contributed by atoms with van der Waals surface area (Å²) in [5, 5.41) is 5.62. The highest BCUT2D eigenvalue weighted by Crippen LogP contribution is 2.19. The number of methoxy groups -OCH3 is 1. The molecule has 7 heteroatoms. The molecule has 0 heterocycles. The molecule has 2 N–H and O–H groups in total. The van der Waals surface area contributed by atoms with E-state index in [0.717, 1.165) is 11.3 Å². The lowest BCUT2D eigenvalue weighted by atomic mass is 10.1. The first kappa shape index (κ1) is 22.6. The van der Waals surface area contributed by atoms with Gasteiger partial charge in [0.2, 0.25) is 5.91 Å². The van der Waals surface area contributed by atoms with Gasteiger partial charge in [-0.3, -0.25) is 14.4 Å². The minimum absolute atomic E-state index is 0.127. The van der Waals surface area contributed by atoms with Crippen LogP contribution in [-0.4, -0.2) is 24.9 Å². The summed E-state index contributed by atoms with van der Waals surface area (Å²) in [5.41, 5.74) is 2.49. The summed E-state index contributed by atoms with van der Waals surface area (Å²) in [6, 6.07) is 20.8. The first-order valence-electron chi connectivity index (χ1n) is 10.1. The third-order valence-corrected chi connectivity index (χ3v) is 4.56. The molecule has 0 saturated carbocycles. The largest absolute Gasteiger partial charge is 0.497 e. The van der Waals surface area contributed by atoms with Crippen molar-refractivity contribution >= 4 is 29.2 Å². The second-order valence-corrected chi connectivity index (χ2v) is 7.05. The molecular weight excluding hydrogens is 408 g/mol. The van der Waals surface area contributed by atoms with Crippen LogP contribution in [0.4, 0.5) is 11.4 Å². The molecule has 0 aliphatic heterocycles. The van der Waals surface area contributed by atoms with E-state index < -0.39 is 5.97 Å². The van der Waals surface area contributed by atoms with Crippen molar-refractivity contribution in [2.24, 2.45) is 0 Å². The fourth-order valence-electron chi connectivity index (χ4n) is 3.02. The maximum atomic E-state index is 12.5. The van der Waals surface area contributed by atoms with Gasteiger partial charge in [-0.05, 0) is 60.5 Å². The topological polar surface area (TPSA) is 93.7 Å². The zero-order valence-electron chi connectivity index (χ0n) is 17.9. The molecule has 0 saturated heterocycles. The van der Waals surface area contributed by atoms with Gasteiger partial charge in [0.15, 0.2) is 0 Å². The van der Waals surface area contributed by atoms with Crippen LogP contribution in [0.15, 0.2) is 72.8 Å². The Hall–Kier alpha value is -4.13. The van der Waals surface area contributed by atoms with Crippen molar-refractivity contribution in [1.29, 1.82) is 0 Å². The molecule has 0 fully saturated rings. The Bertz CT molecular complexity index is 1110. The number of rotatable bonds is 8. The van der Waals surface area contributed by atoms with E-state index in [1.807, 2.05) is 24.3 Å². The van der Waals surface area contributed by atoms with Gasteiger partial charge < -0.3 is 20.1 Å². The summed E-state index contributed by atoms with van der Waals surface area (Å²) >= 11 is 0. The summed E-state index contributed by atoms with van der Waals surface area (Å²) in [6.45, 7) is 1.30. The fraction of sp³-hybridized carbons (Fsp3) is 0.160. The minimum Gasteiger partial charge on any atom is -0.497 e. The SMILES string of the molecule is COc1ccc(CCC(=O)Nc2cccc(NC(=O)c3cccc(OC(C)=O)c3)c2)cc1. The summed E-state index contributed by atoms with van der Waals surface area (Å²) < 4.78 is 10.1. The molecule has 3 aromatic rings. The lowest BCUT2D eigenvalue weighted by molar-refractivity contribution is -0.131. The molecule has 0 atom stereocenters. The molecule has 0 bridgehead atoms. The van der Waals surface area contributed by atoms with Crippen LogP contribution >= 0.6 is 0 Å². The normalized spacial score (nSPS) is 10.2. The highest BCUT2D eigenvalue weighted by molar-refractivity contribution is 6.05. The second kappa shape index (κ2) is 10.8. The Morgan fingerprint density at radius 3 is 2.19 bits per heavy atom. The van der Waals surface area contributed by atoms with Crippen molar-refractivity contribution in [1.82, 2.24) is 0 Å². The first-order valence-corrected chi connectivity index (χ1v) is 10.1. The van der Waals surface area contributed by atoms with Gasteiger partial charge in [-0.2, -0.15) is 0 Å². The Balaban J connectivity index is 1.57. The van der Waals surface area contributed by atoms with Crippen molar-refractivity contribution in [2.45, 2.75) is 19.8 Å². The smallest absolute Gasteiger partial charge is 0.308 e. The van der Waals surface area contributed by atoms with Gasteiger partial charge in [0.25, 0.3) is 5.91 Å². The number of nitrogens with one attached hydrogen (secondary N) is 2. The quantitative estimate of drug-likeness (QED) is 0.405. The van der Waals surface area contributed by atoms with Crippen molar-refractivity contribution in [2.75, 3.05) is 17.7 Å². The molecule has 0 unspecified atom stereocenters. The number of esters is 1. The molecule has 0 aliphatic rings. The molecule has 3 rings (SSSR count). The van der Waals surface area contributed by atoms with E-state index in [1.54, 1.807) is 49.6 Å². The highest BCUT2D eigenvalue weighted by Gasteiger charge is 2.10. The number of benzene rings is 3. The van der Waals surface area contributed by atoms with E-state index in [2.05, 4.69) is 10.6 Å². The number of carbonyl (C=O) groups excluding carboxylic acids is 3. The van der Waals surface area contributed by atoms with Crippen LogP contribution in [0.2, 0.25) is 0 Å². The molecule has 2 amide bonds. The summed E-state index contributed by atoms with van der Waals surface area (Å²) in [6.07, 6.45) is 0.927. The molecule has 0 aromatic heterocycles. The molecule has 164 valence electrons. The van der Waals surface area contributed by atoms with Gasteiger partial charge in [0, 0.05) is 30.3 Å². The molecule has 3 aromatic carbocycles. The summed E-state index contributed by atoms with van der Waals surface area (Å²) in [5.74, 6) is 0.122. The Labute approximate surface area is 186 Å². The number of hydrogen-bond donors (Lipinski definition) is 2. The number of ether oxygens (including phenoxy) is 2. The highest BCUT2D eigenvalue weighted by atomic mass is 16.5. The molecule has 32 heavy (non-hydrogen) atoms. The van der Waals surface area contributed by atoms with Gasteiger partial charge in [0.1, 0.15) is 11.5 Å². The van der Waals surface area contributed by atoms with Crippen LogP contribution in [0.5, 0.6) is 11.5 Å². The number of aryl methyl sites for hydroxylation is 1. The Morgan fingerprint density at radius 2 is 1.50 bits per heavy atom. The Kier molecular flexibility index (Phi) is 7.59. The summed E-state index contributed by atoms with van der Waals surface area (Å²) in [4.78, 5) is 36.0. The van der Waals surface area contributed by atoms with E-state index >= 15 is 0 Å². The van der Waals surface area contributed by atoms with Crippen LogP contribution in [-0.2, 0) is 16.0 Å². The van der Waals surface area contributed by atoms with E-state index in [4.69, 9.17) is 9.47 Å². The number of anilines is 2. The maximum Gasteiger partial charge on any atom is 0.308 e. The predicted octanol–water partition coefficient (Wildman–Crippen LogP) is 4.44. The van der Waals surface area contributed by atoms with Crippen molar-refractivity contribution in [3.8, 4) is 11.5 Å². The Morgan fingerprint density at radius 1 is 0.812 bits per heavy atom. The van der Waals surface area contributed by atoms with Crippen molar-refractivity contribution in [3.63, 3.8) is 0 Å². The maximum absolute atomic E-state index is 12.5. The standard InChI is InChI=1S/C25H24N2O5/c1-17(28)32-23-8-3-5-19(15-23)25(30)27-21-7-4-6-20(16-21)26-24(29)14-11-18-9-12-22(31-2)13-10-18/h3-10,12-13,15-16H,11,14H2,1-2H3,(H,26,29)(H,27,30). The average Bonchev–Trinajstić information content (AvgIpc) is 2.78. The van der Waals surface area contributed by atoms with Gasteiger partial charge >= 0.3 is 5.97 Å². The number of hydrogen-bond acceptors (Lipinski definition) is 5. The minimum atomic E-state index is -0.460. The molecule has 0 aliphatic carbocycles. The van der Waals surface area contributed by atoms with Gasteiger partial charge in [-0.1, -0.05) is 24.3 Å². The average molecular weight is 432 g/mol. The predicted molar refractivity (Wildman–Crippen MR) is 122 cm³/mol. The third-order valence-electron chi connectivity index (χ3n) is 4.56. The lowest BCUT2D eigenvalue weighted by Crippen LogP contribution is -2.14. The van der Waals surface area contributed by atoms with Gasteiger partial charge in [0.05, 0.1) is 7.11 Å². The summed E-state index contributed by atoms with van der Waals surface area (Å²) in [7, 11) is 1.61. The van der Waals surface area contributed by atoms with Crippen molar-refractivity contribution < 1.29 is 23.9 Å². The first-order chi connectivity index (χ1) is 15.4. The van der Waals surface area contributed by atoms with Crippen LogP contribution < -0.4 is 20.1 Å². The van der Waals surface area contributed by atoms with Gasteiger partial charge in [-0.15, -0.1) is 0 Å². The zero-order valence-corrected chi connectivity index (χ0v) is 17.9. The van der Waals surface area contributed by atoms with E-state index in [9.17, 15) is 14.4 Å². The van der Waals surface area contributed by atoms with Crippen LogP contribution in [0.3, 0.4) is 0 Å². The van der Waals surface area contributed by atoms with Crippen LogP contribution in [0, 0.1) is 0 Å². The monoisotopic (exact) mass is 432 g/mol. The van der Waals surface area contributed by atoms with E-state index in [1.165, 1.54) is 13.0 Å². The molecular formula is C25H24N2O5. The van der Waals surface area contributed by atoms with Gasteiger partial charge in [-0.25, -0.2) is 0 Å². The molecule has 7 nitrogen and oxygen atoms in total. The third kappa shape index (κ3) is 6.70. The molecule has 0 spiro atoms. The van der Waals surface area contributed by atoms with E-state index in [-0.39, 0.29) is 11.8 Å². The second-order valence-electron chi connectivity index (χ2n) is 7.05. The van der Waals surface area contributed by atoms with Crippen molar-refractivity contribution in [3.05, 3.63) is 83.9 Å². The van der Waals surface area contributed by atoms with E-state index in [0.29, 0.717) is 35.5 Å². The molecule has 0 radical (unpaired) electrons. The zero-order chi connectivity index (χ0) is 22.9. The fourth-order valence-corrected chi connectivity index (χ4v) is 3.02. The van der Waals surface area contributed by atoms with Crippen LogP contribution in [0.25, 0.3) is 0 Å². The number of carbonyl (C=O) groups is 3. The number of amides is 2. The lowest BCUT2D eigenvalue weighted by Gasteiger charge is -2.10.